The van der Waals surface area contributed by atoms with Crippen molar-refractivity contribution in [3.05, 3.63) is 40.5 Å². The van der Waals surface area contributed by atoms with E-state index in [2.05, 4.69) is 26.3 Å². The number of alkyl carbamates (subject to hydrolysis) is 1. The topological polar surface area (TPSA) is 59.4 Å². The summed E-state index contributed by atoms with van der Waals surface area (Å²) >= 11 is 3.46. The molecule has 0 bridgehead atoms. The first-order valence-corrected chi connectivity index (χ1v) is 10.2. The number of benzene rings is 1. The largest absolute Gasteiger partial charge is 0.450 e. The van der Waals surface area contributed by atoms with Crippen LogP contribution in [0.25, 0.3) is 0 Å². The van der Waals surface area contributed by atoms with Gasteiger partial charge in [0.15, 0.2) is 0 Å². The Morgan fingerprint density at radius 3 is 2.69 bits per heavy atom. The summed E-state index contributed by atoms with van der Waals surface area (Å²) in [6.07, 6.45) is -1.45. The van der Waals surface area contributed by atoms with Gasteiger partial charge < -0.3 is 15.0 Å². The highest BCUT2D eigenvalue weighted by Crippen LogP contribution is 2.37. The average Bonchev–Trinajstić information content (AvgIpc) is 3.06. The molecule has 0 aliphatic carbocycles. The number of fused-ring (bicyclic) bond motifs is 1. The number of aromatic nitrogens is 2. The number of unbranched alkanes of at least 4 members (excludes halogenated alkanes) is 1. The summed E-state index contributed by atoms with van der Waals surface area (Å²) in [7, 11) is 0. The third-order valence-electron chi connectivity index (χ3n) is 4.67. The minimum atomic E-state index is -4.38. The summed E-state index contributed by atoms with van der Waals surface area (Å²) in [6, 6.07) is 5.02. The minimum absolute atomic E-state index is 0.00955. The molecule has 0 saturated heterocycles. The number of ether oxygens (including phenoxy) is 1. The molecular formula is C19H22BrF3N4O2. The van der Waals surface area contributed by atoms with Crippen LogP contribution < -0.4 is 10.2 Å². The Bertz CT molecular complexity index is 839. The molecule has 1 aromatic heterocycles. The SMILES string of the molecule is CCCCOC(=O)NCC1CN(c2ccc(C(F)(F)F)cc2)c2c(Br)cnn2C1. The number of anilines is 2. The van der Waals surface area contributed by atoms with Gasteiger partial charge in [0.25, 0.3) is 0 Å². The van der Waals surface area contributed by atoms with Gasteiger partial charge in [-0.3, -0.25) is 0 Å². The van der Waals surface area contributed by atoms with E-state index < -0.39 is 17.8 Å². The van der Waals surface area contributed by atoms with Gasteiger partial charge in [-0.25, -0.2) is 9.48 Å². The zero-order valence-electron chi connectivity index (χ0n) is 15.9. The van der Waals surface area contributed by atoms with Gasteiger partial charge in [-0.05, 0) is 46.6 Å². The quantitative estimate of drug-likeness (QED) is 0.601. The normalized spacial score (nSPS) is 16.4. The molecule has 1 N–H and O–H groups in total. The van der Waals surface area contributed by atoms with E-state index in [9.17, 15) is 18.0 Å². The maximum atomic E-state index is 12.9. The van der Waals surface area contributed by atoms with Crippen molar-refractivity contribution in [2.24, 2.45) is 5.92 Å². The van der Waals surface area contributed by atoms with Crippen LogP contribution in [0.2, 0.25) is 0 Å². The number of hydrogen-bond donors (Lipinski definition) is 1. The predicted molar refractivity (Wildman–Crippen MR) is 106 cm³/mol. The van der Waals surface area contributed by atoms with E-state index in [0.29, 0.717) is 31.9 Å². The van der Waals surface area contributed by atoms with Crippen molar-refractivity contribution in [2.45, 2.75) is 32.5 Å². The van der Waals surface area contributed by atoms with Gasteiger partial charge in [0.2, 0.25) is 0 Å². The molecule has 1 aromatic carbocycles. The van der Waals surface area contributed by atoms with Crippen molar-refractivity contribution in [1.82, 2.24) is 15.1 Å². The first-order chi connectivity index (χ1) is 13.8. The number of alkyl halides is 3. The van der Waals surface area contributed by atoms with E-state index in [1.165, 1.54) is 12.1 Å². The van der Waals surface area contributed by atoms with E-state index in [1.807, 2.05) is 11.8 Å². The van der Waals surface area contributed by atoms with Crippen LogP contribution in [0.4, 0.5) is 29.5 Å². The zero-order valence-corrected chi connectivity index (χ0v) is 17.5. The maximum Gasteiger partial charge on any atom is 0.416 e. The summed E-state index contributed by atoms with van der Waals surface area (Å²) in [5.74, 6) is 0.779. The Morgan fingerprint density at radius 1 is 1.31 bits per heavy atom. The molecule has 0 fully saturated rings. The maximum absolute atomic E-state index is 12.9. The van der Waals surface area contributed by atoms with E-state index >= 15 is 0 Å². The lowest BCUT2D eigenvalue weighted by Gasteiger charge is -2.35. The molecular weight excluding hydrogens is 453 g/mol. The minimum Gasteiger partial charge on any atom is -0.450 e. The monoisotopic (exact) mass is 474 g/mol. The number of hydrogen-bond acceptors (Lipinski definition) is 4. The molecule has 0 radical (unpaired) electrons. The zero-order chi connectivity index (χ0) is 21.0. The van der Waals surface area contributed by atoms with Crippen molar-refractivity contribution in [3.8, 4) is 0 Å². The van der Waals surface area contributed by atoms with Gasteiger partial charge in [-0.15, -0.1) is 0 Å². The van der Waals surface area contributed by atoms with E-state index in [4.69, 9.17) is 4.74 Å². The fourth-order valence-electron chi connectivity index (χ4n) is 3.18. The molecule has 0 saturated carbocycles. The predicted octanol–water partition coefficient (Wildman–Crippen LogP) is 4.96. The molecule has 1 aliphatic rings. The van der Waals surface area contributed by atoms with Gasteiger partial charge in [0, 0.05) is 31.2 Å². The molecule has 3 rings (SSSR count). The van der Waals surface area contributed by atoms with Crippen molar-refractivity contribution >= 4 is 33.5 Å². The highest BCUT2D eigenvalue weighted by Gasteiger charge is 2.32. The van der Waals surface area contributed by atoms with Crippen LogP contribution in [0.3, 0.4) is 0 Å². The van der Waals surface area contributed by atoms with Crippen molar-refractivity contribution in [3.63, 3.8) is 0 Å². The van der Waals surface area contributed by atoms with Crippen molar-refractivity contribution < 1.29 is 22.7 Å². The third-order valence-corrected chi connectivity index (χ3v) is 5.23. The van der Waals surface area contributed by atoms with Crippen LogP contribution in [-0.4, -0.2) is 35.6 Å². The smallest absolute Gasteiger partial charge is 0.416 e. The molecule has 1 unspecified atom stereocenters. The van der Waals surface area contributed by atoms with Gasteiger partial charge >= 0.3 is 12.3 Å². The summed E-state index contributed by atoms with van der Waals surface area (Å²) < 4.78 is 46.3. The third kappa shape index (κ3) is 5.23. The van der Waals surface area contributed by atoms with Crippen LogP contribution in [0.15, 0.2) is 34.9 Å². The first-order valence-electron chi connectivity index (χ1n) is 9.36. The second-order valence-corrected chi connectivity index (χ2v) is 7.74. The van der Waals surface area contributed by atoms with Gasteiger partial charge in [0.05, 0.1) is 22.8 Å². The Hall–Kier alpha value is -2.23. The lowest BCUT2D eigenvalue weighted by Crippen LogP contribution is -2.41. The number of rotatable bonds is 6. The Morgan fingerprint density at radius 2 is 2.03 bits per heavy atom. The van der Waals surface area contributed by atoms with Crippen LogP contribution in [0.1, 0.15) is 25.3 Å². The first kappa shape index (κ1) is 21.5. The second-order valence-electron chi connectivity index (χ2n) is 6.89. The Balaban J connectivity index is 1.73. The average molecular weight is 475 g/mol. The number of nitrogens with zero attached hydrogens (tertiary/aromatic N) is 3. The fourth-order valence-corrected chi connectivity index (χ4v) is 3.69. The molecule has 6 nitrogen and oxygen atoms in total. The number of carbonyl (C=O) groups is 1. The molecule has 10 heteroatoms. The number of halogens is 4. The van der Waals surface area contributed by atoms with E-state index in [1.54, 1.807) is 10.9 Å². The van der Waals surface area contributed by atoms with Gasteiger partial charge in [-0.2, -0.15) is 18.3 Å². The molecule has 0 spiro atoms. The lowest BCUT2D eigenvalue weighted by atomic mass is 10.1. The van der Waals surface area contributed by atoms with Crippen LogP contribution >= 0.6 is 15.9 Å². The van der Waals surface area contributed by atoms with Gasteiger partial charge in [-0.1, -0.05) is 13.3 Å². The van der Waals surface area contributed by atoms with E-state index in [0.717, 1.165) is 35.3 Å². The van der Waals surface area contributed by atoms with E-state index in [-0.39, 0.29) is 5.92 Å². The van der Waals surface area contributed by atoms with Gasteiger partial charge in [0.1, 0.15) is 5.82 Å². The molecule has 158 valence electrons. The van der Waals surface area contributed by atoms with Crippen LogP contribution in [0, 0.1) is 5.92 Å². The molecule has 1 atom stereocenters. The lowest BCUT2D eigenvalue weighted by molar-refractivity contribution is -0.137. The fraction of sp³-hybridized carbons (Fsp3) is 0.474. The Labute approximate surface area is 175 Å². The Kier molecular flexibility index (Phi) is 6.71. The number of carbonyl (C=O) groups excluding carboxylic acids is 1. The molecule has 1 aliphatic heterocycles. The second kappa shape index (κ2) is 9.06. The highest BCUT2D eigenvalue weighted by molar-refractivity contribution is 9.10. The summed E-state index contributed by atoms with van der Waals surface area (Å²) in [5, 5.41) is 7.09. The van der Waals surface area contributed by atoms with Crippen LogP contribution in [0.5, 0.6) is 0 Å². The van der Waals surface area contributed by atoms with Crippen molar-refractivity contribution in [1.29, 1.82) is 0 Å². The number of nitrogens with one attached hydrogen (secondary N) is 1. The van der Waals surface area contributed by atoms with Crippen molar-refractivity contribution in [2.75, 3.05) is 24.6 Å². The van der Waals surface area contributed by atoms with Crippen LogP contribution in [-0.2, 0) is 17.5 Å². The molecule has 2 heterocycles. The summed E-state index contributed by atoms with van der Waals surface area (Å²) in [6.45, 7) is 3.86. The summed E-state index contributed by atoms with van der Waals surface area (Å²) in [5.41, 5.74) is -0.0745. The summed E-state index contributed by atoms with van der Waals surface area (Å²) in [4.78, 5) is 13.7. The molecule has 1 amide bonds. The number of amides is 1. The molecule has 29 heavy (non-hydrogen) atoms. The highest BCUT2D eigenvalue weighted by atomic mass is 79.9. The molecule has 2 aromatic rings. The standard InChI is InChI=1S/C19H22BrF3N4O2/c1-2-3-8-29-18(28)24-9-13-11-26(17-16(20)10-25-27(17)12-13)15-6-4-14(5-7-15)19(21,22)23/h4-7,10,13H,2-3,8-9,11-12H2,1H3,(H,24,28).